The molecule has 3 heteroatoms. The van der Waals surface area contributed by atoms with E-state index in [9.17, 15) is 4.39 Å². The van der Waals surface area contributed by atoms with Crippen molar-refractivity contribution in [1.82, 2.24) is 0 Å². The SMILES string of the molecule is CSc1cc(CC(C)(C)N)c(F)cc1C. The van der Waals surface area contributed by atoms with Crippen LogP contribution >= 0.6 is 11.8 Å². The highest BCUT2D eigenvalue weighted by molar-refractivity contribution is 7.98. The molecule has 0 fully saturated rings. The van der Waals surface area contributed by atoms with Crippen molar-refractivity contribution in [2.75, 3.05) is 6.26 Å². The van der Waals surface area contributed by atoms with Crippen molar-refractivity contribution in [2.24, 2.45) is 5.73 Å². The molecule has 15 heavy (non-hydrogen) atoms. The Morgan fingerprint density at radius 3 is 2.47 bits per heavy atom. The second-order valence-corrected chi connectivity index (χ2v) is 5.43. The molecule has 0 amide bonds. The Morgan fingerprint density at radius 1 is 1.40 bits per heavy atom. The summed E-state index contributed by atoms with van der Waals surface area (Å²) in [6.45, 7) is 5.74. The minimum Gasteiger partial charge on any atom is -0.325 e. The average molecular weight is 227 g/mol. The lowest BCUT2D eigenvalue weighted by Crippen LogP contribution is -2.34. The minimum atomic E-state index is -0.369. The summed E-state index contributed by atoms with van der Waals surface area (Å²) in [4.78, 5) is 1.12. The van der Waals surface area contributed by atoms with Crippen molar-refractivity contribution in [3.63, 3.8) is 0 Å². The van der Waals surface area contributed by atoms with Gasteiger partial charge in [0.1, 0.15) is 5.82 Å². The van der Waals surface area contributed by atoms with Crippen LogP contribution in [0, 0.1) is 12.7 Å². The van der Waals surface area contributed by atoms with Crippen molar-refractivity contribution >= 4 is 11.8 Å². The Kier molecular flexibility index (Phi) is 3.79. The van der Waals surface area contributed by atoms with Crippen LogP contribution in [0.5, 0.6) is 0 Å². The lowest BCUT2D eigenvalue weighted by atomic mass is 9.95. The van der Waals surface area contributed by atoms with Gasteiger partial charge in [0.05, 0.1) is 0 Å². The Hall–Kier alpha value is -0.540. The average Bonchev–Trinajstić information content (AvgIpc) is 2.07. The zero-order chi connectivity index (χ0) is 11.6. The zero-order valence-electron chi connectivity index (χ0n) is 9.73. The number of rotatable bonds is 3. The predicted molar refractivity (Wildman–Crippen MR) is 64.9 cm³/mol. The number of benzene rings is 1. The maximum Gasteiger partial charge on any atom is 0.126 e. The Balaban J connectivity index is 3.08. The fourth-order valence-corrected chi connectivity index (χ4v) is 2.18. The molecule has 1 aromatic carbocycles. The van der Waals surface area contributed by atoms with Crippen molar-refractivity contribution in [1.29, 1.82) is 0 Å². The lowest BCUT2D eigenvalue weighted by molar-refractivity contribution is 0.496. The third-order valence-electron chi connectivity index (χ3n) is 2.21. The van der Waals surface area contributed by atoms with E-state index in [-0.39, 0.29) is 11.4 Å². The molecule has 1 nitrogen and oxygen atoms in total. The van der Waals surface area contributed by atoms with Crippen molar-refractivity contribution in [2.45, 2.75) is 37.6 Å². The van der Waals surface area contributed by atoms with Gasteiger partial charge in [-0.2, -0.15) is 0 Å². The highest BCUT2D eigenvalue weighted by Crippen LogP contribution is 2.25. The number of nitrogens with two attached hydrogens (primary N) is 1. The van der Waals surface area contributed by atoms with Crippen LogP contribution in [-0.2, 0) is 6.42 Å². The summed E-state index contributed by atoms with van der Waals surface area (Å²) >= 11 is 1.64. The van der Waals surface area contributed by atoms with Crippen LogP contribution in [-0.4, -0.2) is 11.8 Å². The molecule has 0 atom stereocenters. The molecule has 0 radical (unpaired) electrons. The zero-order valence-corrected chi connectivity index (χ0v) is 10.5. The fraction of sp³-hybridized carbons (Fsp3) is 0.500. The van der Waals surface area contributed by atoms with Gasteiger partial charge in [-0.05, 0) is 56.7 Å². The van der Waals surface area contributed by atoms with E-state index in [1.165, 1.54) is 0 Å². The van der Waals surface area contributed by atoms with Crippen molar-refractivity contribution < 1.29 is 4.39 Å². The molecule has 84 valence electrons. The van der Waals surface area contributed by atoms with Crippen LogP contribution in [0.3, 0.4) is 0 Å². The summed E-state index contributed by atoms with van der Waals surface area (Å²) in [5.41, 5.74) is 7.21. The molecule has 0 saturated carbocycles. The van der Waals surface area contributed by atoms with E-state index in [0.29, 0.717) is 12.0 Å². The number of thioether (sulfide) groups is 1. The van der Waals surface area contributed by atoms with Gasteiger partial charge in [0.25, 0.3) is 0 Å². The van der Waals surface area contributed by atoms with Crippen molar-refractivity contribution in [3.05, 3.63) is 29.1 Å². The van der Waals surface area contributed by atoms with Gasteiger partial charge in [-0.3, -0.25) is 0 Å². The molecule has 0 unspecified atom stereocenters. The van der Waals surface area contributed by atoms with E-state index in [1.807, 2.05) is 33.1 Å². The molecule has 0 spiro atoms. The number of hydrogen-bond acceptors (Lipinski definition) is 2. The van der Waals surface area contributed by atoms with E-state index < -0.39 is 0 Å². The highest BCUT2D eigenvalue weighted by atomic mass is 32.2. The number of halogens is 1. The van der Waals surface area contributed by atoms with Gasteiger partial charge in [0, 0.05) is 10.4 Å². The molecular formula is C12H18FNS. The largest absolute Gasteiger partial charge is 0.325 e. The summed E-state index contributed by atoms with van der Waals surface area (Å²) in [5.74, 6) is -0.149. The third kappa shape index (κ3) is 3.50. The molecule has 0 heterocycles. The van der Waals surface area contributed by atoms with Crippen molar-refractivity contribution in [3.8, 4) is 0 Å². The normalized spacial score (nSPS) is 11.9. The monoisotopic (exact) mass is 227 g/mol. The Bertz CT molecular complexity index is 355. The lowest BCUT2D eigenvalue weighted by Gasteiger charge is -2.19. The van der Waals surface area contributed by atoms with Gasteiger partial charge in [-0.15, -0.1) is 11.8 Å². The first-order chi connectivity index (χ1) is 6.83. The maximum atomic E-state index is 13.6. The standard InChI is InChI=1S/C12H18FNS/c1-8-5-10(13)9(6-11(8)15-4)7-12(2,3)14/h5-6H,7,14H2,1-4H3. The number of hydrogen-bond donors (Lipinski definition) is 1. The topological polar surface area (TPSA) is 26.0 Å². The van der Waals surface area contributed by atoms with Crippen LogP contribution in [0.1, 0.15) is 25.0 Å². The molecular weight excluding hydrogens is 209 g/mol. The molecule has 0 saturated heterocycles. The van der Waals surface area contributed by atoms with Crippen LogP contribution in [0.4, 0.5) is 4.39 Å². The Labute approximate surface area is 95.2 Å². The molecule has 1 aromatic rings. The van der Waals surface area contributed by atoms with E-state index >= 15 is 0 Å². The molecule has 0 aliphatic heterocycles. The number of aryl methyl sites for hydroxylation is 1. The second-order valence-electron chi connectivity index (χ2n) is 4.58. The third-order valence-corrected chi connectivity index (χ3v) is 3.09. The Morgan fingerprint density at radius 2 is 2.00 bits per heavy atom. The van der Waals surface area contributed by atoms with E-state index in [1.54, 1.807) is 17.8 Å². The van der Waals surface area contributed by atoms with Crippen LogP contribution in [0.15, 0.2) is 17.0 Å². The summed E-state index contributed by atoms with van der Waals surface area (Å²) in [7, 11) is 0. The van der Waals surface area contributed by atoms with Gasteiger partial charge in [-0.1, -0.05) is 0 Å². The molecule has 0 bridgehead atoms. The first-order valence-electron chi connectivity index (χ1n) is 4.95. The summed E-state index contributed by atoms with van der Waals surface area (Å²) in [6, 6.07) is 3.50. The highest BCUT2D eigenvalue weighted by Gasteiger charge is 2.15. The van der Waals surface area contributed by atoms with Crippen LogP contribution in [0.2, 0.25) is 0 Å². The first kappa shape index (κ1) is 12.5. The summed E-state index contributed by atoms with van der Waals surface area (Å²) in [5, 5.41) is 0. The molecule has 1 rings (SSSR count). The fourth-order valence-electron chi connectivity index (χ4n) is 1.54. The van der Waals surface area contributed by atoms with Gasteiger partial charge in [0.15, 0.2) is 0 Å². The smallest absolute Gasteiger partial charge is 0.126 e. The van der Waals surface area contributed by atoms with E-state index in [4.69, 9.17) is 5.73 Å². The molecule has 0 aliphatic carbocycles. The summed E-state index contributed by atoms with van der Waals surface area (Å²) in [6.07, 6.45) is 2.56. The minimum absolute atomic E-state index is 0.149. The van der Waals surface area contributed by atoms with Crippen LogP contribution < -0.4 is 5.73 Å². The van der Waals surface area contributed by atoms with Gasteiger partial charge >= 0.3 is 0 Å². The van der Waals surface area contributed by atoms with Gasteiger partial charge < -0.3 is 5.73 Å². The quantitative estimate of drug-likeness (QED) is 0.803. The molecule has 2 N–H and O–H groups in total. The van der Waals surface area contributed by atoms with E-state index in [2.05, 4.69) is 0 Å². The van der Waals surface area contributed by atoms with Gasteiger partial charge in [0.2, 0.25) is 0 Å². The predicted octanol–water partition coefficient (Wildman–Crippen LogP) is 3.14. The van der Waals surface area contributed by atoms with Crippen LogP contribution in [0.25, 0.3) is 0 Å². The van der Waals surface area contributed by atoms with E-state index in [0.717, 1.165) is 10.5 Å². The molecule has 0 aliphatic rings. The first-order valence-corrected chi connectivity index (χ1v) is 6.18. The summed E-state index contributed by atoms with van der Waals surface area (Å²) < 4.78 is 13.6. The molecule has 0 aromatic heterocycles. The second kappa shape index (κ2) is 4.54. The van der Waals surface area contributed by atoms with Gasteiger partial charge in [-0.25, -0.2) is 4.39 Å². The maximum absolute atomic E-state index is 13.6.